The molecule has 1 unspecified atom stereocenters. The summed E-state index contributed by atoms with van der Waals surface area (Å²) in [4.78, 5) is 21.3. The van der Waals surface area contributed by atoms with Crippen molar-refractivity contribution < 1.29 is 9.18 Å². The van der Waals surface area contributed by atoms with Crippen LogP contribution in [0.25, 0.3) is 0 Å². The third-order valence-corrected chi connectivity index (χ3v) is 5.22. The number of rotatable bonds is 3. The number of aromatic nitrogens is 1. The highest BCUT2D eigenvalue weighted by Crippen LogP contribution is 2.42. The number of benzene rings is 1. The van der Waals surface area contributed by atoms with Gasteiger partial charge in [-0.3, -0.25) is 14.7 Å². The fourth-order valence-corrected chi connectivity index (χ4v) is 3.90. The summed E-state index contributed by atoms with van der Waals surface area (Å²) in [6.07, 6.45) is 5.26. The molecule has 1 atom stereocenters. The molecule has 0 aliphatic carbocycles. The van der Waals surface area contributed by atoms with E-state index in [2.05, 4.69) is 9.88 Å². The monoisotopic (exact) mass is 325 g/mol. The van der Waals surface area contributed by atoms with Crippen molar-refractivity contribution in [3.05, 3.63) is 60.2 Å². The van der Waals surface area contributed by atoms with Crippen LogP contribution in [0.15, 0.2) is 48.8 Å². The summed E-state index contributed by atoms with van der Waals surface area (Å²) in [6.45, 7) is 3.21. The van der Waals surface area contributed by atoms with E-state index in [-0.39, 0.29) is 17.1 Å². The first-order valence-electron chi connectivity index (χ1n) is 8.35. The Labute approximate surface area is 140 Å². The lowest BCUT2D eigenvalue weighted by Gasteiger charge is -2.23. The van der Waals surface area contributed by atoms with Gasteiger partial charge in [0.15, 0.2) is 0 Å². The number of carbonyl (C=O) groups is 1. The standard InChI is InChI=1S/C19H20FN3O/c20-16-5-3-15(4-6-16)13-22-10-7-19(14-22)8-11-23(18(19)24)17-2-1-9-21-12-17/h1-6,9,12H,7-8,10-11,13-14H2. The molecule has 1 amide bonds. The van der Waals surface area contributed by atoms with Gasteiger partial charge in [-0.25, -0.2) is 4.39 Å². The van der Waals surface area contributed by atoms with Gasteiger partial charge in [-0.05, 0) is 49.2 Å². The molecule has 2 aliphatic heterocycles. The molecule has 1 aromatic heterocycles. The maximum atomic E-state index is 13.0. The van der Waals surface area contributed by atoms with Crippen molar-refractivity contribution in [1.82, 2.24) is 9.88 Å². The van der Waals surface area contributed by atoms with Gasteiger partial charge >= 0.3 is 0 Å². The molecule has 2 aliphatic rings. The summed E-state index contributed by atoms with van der Waals surface area (Å²) in [6, 6.07) is 10.4. The summed E-state index contributed by atoms with van der Waals surface area (Å²) in [5.41, 5.74) is 1.70. The van der Waals surface area contributed by atoms with Crippen LogP contribution in [0.4, 0.5) is 10.1 Å². The number of amides is 1. The van der Waals surface area contributed by atoms with E-state index in [9.17, 15) is 9.18 Å². The van der Waals surface area contributed by atoms with Gasteiger partial charge in [0.1, 0.15) is 5.82 Å². The van der Waals surface area contributed by atoms with E-state index in [1.54, 1.807) is 12.4 Å². The number of hydrogen-bond acceptors (Lipinski definition) is 3. The number of pyridine rings is 1. The van der Waals surface area contributed by atoms with Crippen molar-refractivity contribution in [2.45, 2.75) is 19.4 Å². The Balaban J connectivity index is 1.46. The molecule has 0 bridgehead atoms. The minimum Gasteiger partial charge on any atom is -0.310 e. The quantitative estimate of drug-likeness (QED) is 0.871. The zero-order valence-electron chi connectivity index (χ0n) is 13.5. The third-order valence-electron chi connectivity index (χ3n) is 5.22. The normalized spacial score (nSPS) is 24.2. The van der Waals surface area contributed by atoms with Crippen LogP contribution < -0.4 is 4.90 Å². The van der Waals surface area contributed by atoms with Gasteiger partial charge in [0.25, 0.3) is 0 Å². The average molecular weight is 325 g/mol. The van der Waals surface area contributed by atoms with Crippen molar-refractivity contribution >= 4 is 11.6 Å². The Hall–Kier alpha value is -2.27. The van der Waals surface area contributed by atoms with Gasteiger partial charge in [0.05, 0.1) is 17.3 Å². The second kappa shape index (κ2) is 5.98. The molecule has 1 aromatic carbocycles. The van der Waals surface area contributed by atoms with Gasteiger partial charge in [0.2, 0.25) is 5.91 Å². The fourth-order valence-electron chi connectivity index (χ4n) is 3.90. The van der Waals surface area contributed by atoms with Crippen LogP contribution in [-0.4, -0.2) is 35.4 Å². The van der Waals surface area contributed by atoms with Crippen molar-refractivity contribution in [1.29, 1.82) is 0 Å². The molecule has 2 saturated heterocycles. The van der Waals surface area contributed by atoms with Crippen LogP contribution in [0.3, 0.4) is 0 Å². The average Bonchev–Trinajstić information content (AvgIpc) is 3.16. The Morgan fingerprint density at radius 3 is 2.67 bits per heavy atom. The lowest BCUT2D eigenvalue weighted by molar-refractivity contribution is -0.125. The molecule has 4 nitrogen and oxygen atoms in total. The molecule has 0 radical (unpaired) electrons. The molecule has 24 heavy (non-hydrogen) atoms. The first kappa shape index (κ1) is 15.3. The van der Waals surface area contributed by atoms with Gasteiger partial charge in [0, 0.05) is 25.8 Å². The second-order valence-corrected chi connectivity index (χ2v) is 6.79. The van der Waals surface area contributed by atoms with E-state index in [0.29, 0.717) is 0 Å². The molecule has 124 valence electrons. The molecule has 3 heterocycles. The topological polar surface area (TPSA) is 36.4 Å². The number of nitrogens with zero attached hydrogens (tertiary/aromatic N) is 3. The highest BCUT2D eigenvalue weighted by Gasteiger charge is 2.50. The maximum absolute atomic E-state index is 13.0. The second-order valence-electron chi connectivity index (χ2n) is 6.79. The van der Waals surface area contributed by atoms with Crippen LogP contribution in [0.5, 0.6) is 0 Å². The van der Waals surface area contributed by atoms with Crippen LogP contribution in [0.1, 0.15) is 18.4 Å². The van der Waals surface area contributed by atoms with Crippen LogP contribution in [-0.2, 0) is 11.3 Å². The van der Waals surface area contributed by atoms with E-state index in [4.69, 9.17) is 0 Å². The van der Waals surface area contributed by atoms with Crippen molar-refractivity contribution in [3.63, 3.8) is 0 Å². The lowest BCUT2D eigenvalue weighted by Crippen LogP contribution is -2.36. The zero-order valence-corrected chi connectivity index (χ0v) is 13.5. The summed E-state index contributed by atoms with van der Waals surface area (Å²) in [5, 5.41) is 0. The van der Waals surface area contributed by atoms with E-state index in [1.807, 2.05) is 29.2 Å². The Morgan fingerprint density at radius 1 is 1.12 bits per heavy atom. The molecular weight excluding hydrogens is 305 g/mol. The predicted octanol–water partition coefficient (Wildman–Crippen LogP) is 2.85. The zero-order chi connectivity index (χ0) is 16.6. The van der Waals surface area contributed by atoms with Gasteiger partial charge in [-0.15, -0.1) is 0 Å². The van der Waals surface area contributed by atoms with Crippen LogP contribution in [0.2, 0.25) is 0 Å². The summed E-state index contributed by atoms with van der Waals surface area (Å²) >= 11 is 0. The minimum atomic E-state index is -0.268. The largest absolute Gasteiger partial charge is 0.310 e. The molecule has 0 saturated carbocycles. The van der Waals surface area contributed by atoms with Crippen LogP contribution >= 0.6 is 0 Å². The van der Waals surface area contributed by atoms with E-state index in [1.165, 1.54) is 12.1 Å². The van der Waals surface area contributed by atoms with Gasteiger partial charge < -0.3 is 4.90 Å². The number of hydrogen-bond donors (Lipinski definition) is 0. The van der Waals surface area contributed by atoms with Gasteiger partial charge in [-0.1, -0.05) is 12.1 Å². The number of halogens is 1. The molecule has 2 aromatic rings. The number of carbonyl (C=O) groups excluding carboxylic acids is 1. The smallest absolute Gasteiger partial charge is 0.234 e. The summed E-state index contributed by atoms with van der Waals surface area (Å²) in [5.74, 6) is 0.00633. The molecule has 1 spiro atoms. The lowest BCUT2D eigenvalue weighted by atomic mass is 9.85. The number of likely N-dealkylation sites (tertiary alicyclic amines) is 1. The Morgan fingerprint density at radius 2 is 1.92 bits per heavy atom. The third kappa shape index (κ3) is 2.69. The molecule has 5 heteroatoms. The molecule has 4 rings (SSSR count). The van der Waals surface area contributed by atoms with Crippen molar-refractivity contribution in [2.75, 3.05) is 24.5 Å². The molecule has 0 N–H and O–H groups in total. The highest BCUT2D eigenvalue weighted by atomic mass is 19.1. The Bertz CT molecular complexity index is 734. The van der Waals surface area contributed by atoms with Gasteiger partial charge in [-0.2, -0.15) is 0 Å². The molecular formula is C19H20FN3O. The maximum Gasteiger partial charge on any atom is 0.234 e. The first-order chi connectivity index (χ1) is 11.7. The molecule has 2 fully saturated rings. The minimum absolute atomic E-state index is 0.213. The van der Waals surface area contributed by atoms with Crippen molar-refractivity contribution in [2.24, 2.45) is 5.41 Å². The van der Waals surface area contributed by atoms with Crippen LogP contribution in [0, 0.1) is 11.2 Å². The number of anilines is 1. The fraction of sp³-hybridized carbons (Fsp3) is 0.368. The van der Waals surface area contributed by atoms with E-state index < -0.39 is 0 Å². The van der Waals surface area contributed by atoms with E-state index in [0.717, 1.165) is 50.3 Å². The SMILES string of the molecule is O=C1N(c2cccnc2)CCC12CCN(Cc1ccc(F)cc1)C2. The summed E-state index contributed by atoms with van der Waals surface area (Å²) in [7, 11) is 0. The highest BCUT2D eigenvalue weighted by molar-refractivity contribution is 6.00. The predicted molar refractivity (Wildman–Crippen MR) is 89.9 cm³/mol. The first-order valence-corrected chi connectivity index (χ1v) is 8.35. The van der Waals surface area contributed by atoms with E-state index >= 15 is 0 Å². The Kier molecular flexibility index (Phi) is 3.81. The van der Waals surface area contributed by atoms with Crippen molar-refractivity contribution in [3.8, 4) is 0 Å². The summed E-state index contributed by atoms with van der Waals surface area (Å²) < 4.78 is 13.0.